The molecule has 0 unspecified atom stereocenters. The third kappa shape index (κ3) is 3.81. The van der Waals surface area contributed by atoms with Crippen LogP contribution in [0.2, 0.25) is 0 Å². The maximum atomic E-state index is 13.8. The summed E-state index contributed by atoms with van der Waals surface area (Å²) in [5, 5.41) is 5.14. The highest BCUT2D eigenvalue weighted by molar-refractivity contribution is 7.09. The molecule has 0 aliphatic rings. The summed E-state index contributed by atoms with van der Waals surface area (Å²) < 4.78 is 13.8. The highest BCUT2D eigenvalue weighted by Crippen LogP contribution is 2.24. The first-order chi connectivity index (χ1) is 9.60. The van der Waals surface area contributed by atoms with Crippen LogP contribution in [-0.4, -0.2) is 13.1 Å². The van der Waals surface area contributed by atoms with Gasteiger partial charge >= 0.3 is 0 Å². The van der Waals surface area contributed by atoms with Gasteiger partial charge < -0.3 is 10.2 Å². The Bertz CT molecular complexity index is 537. The molecule has 1 heterocycles. The van der Waals surface area contributed by atoms with Crippen molar-refractivity contribution in [3.8, 4) is 0 Å². The van der Waals surface area contributed by atoms with Gasteiger partial charge in [0, 0.05) is 23.2 Å². The average molecular weight is 292 g/mol. The molecule has 0 bridgehead atoms. The van der Waals surface area contributed by atoms with Crippen molar-refractivity contribution >= 4 is 17.0 Å². The van der Waals surface area contributed by atoms with Crippen LogP contribution in [0.3, 0.4) is 0 Å². The molecule has 108 valence electrons. The SMILES string of the molecule is CNCc1cc(F)cc(N(Cc2cccs2)C(C)C)c1. The fourth-order valence-electron chi connectivity index (χ4n) is 2.25. The van der Waals surface area contributed by atoms with E-state index >= 15 is 0 Å². The summed E-state index contributed by atoms with van der Waals surface area (Å²) in [7, 11) is 1.87. The molecular weight excluding hydrogens is 271 g/mol. The molecular formula is C16H21FN2S. The van der Waals surface area contributed by atoms with Crippen LogP contribution in [-0.2, 0) is 13.1 Å². The Morgan fingerprint density at radius 1 is 1.30 bits per heavy atom. The Balaban J connectivity index is 2.28. The van der Waals surface area contributed by atoms with Gasteiger partial charge in [-0.2, -0.15) is 0 Å². The molecule has 0 saturated carbocycles. The molecule has 20 heavy (non-hydrogen) atoms. The van der Waals surface area contributed by atoms with Crippen molar-refractivity contribution in [1.29, 1.82) is 0 Å². The van der Waals surface area contributed by atoms with Gasteiger partial charge in [-0.3, -0.25) is 0 Å². The van der Waals surface area contributed by atoms with Crippen molar-refractivity contribution in [2.24, 2.45) is 0 Å². The zero-order chi connectivity index (χ0) is 14.5. The van der Waals surface area contributed by atoms with Crippen LogP contribution in [0.5, 0.6) is 0 Å². The summed E-state index contributed by atoms with van der Waals surface area (Å²) >= 11 is 1.73. The number of nitrogens with one attached hydrogen (secondary N) is 1. The van der Waals surface area contributed by atoms with Crippen molar-refractivity contribution in [3.05, 3.63) is 52.0 Å². The van der Waals surface area contributed by atoms with E-state index in [9.17, 15) is 4.39 Å². The number of halogens is 1. The van der Waals surface area contributed by atoms with Crippen LogP contribution in [0.15, 0.2) is 35.7 Å². The van der Waals surface area contributed by atoms with Crippen LogP contribution in [0.1, 0.15) is 24.3 Å². The topological polar surface area (TPSA) is 15.3 Å². The number of hydrogen-bond acceptors (Lipinski definition) is 3. The van der Waals surface area contributed by atoms with Crippen LogP contribution in [0.4, 0.5) is 10.1 Å². The lowest BCUT2D eigenvalue weighted by Gasteiger charge is -2.29. The smallest absolute Gasteiger partial charge is 0.125 e. The van der Waals surface area contributed by atoms with Crippen LogP contribution in [0.25, 0.3) is 0 Å². The molecule has 2 nitrogen and oxygen atoms in total. The van der Waals surface area contributed by atoms with E-state index in [4.69, 9.17) is 0 Å². The zero-order valence-electron chi connectivity index (χ0n) is 12.2. The number of hydrogen-bond donors (Lipinski definition) is 1. The van der Waals surface area contributed by atoms with Crippen molar-refractivity contribution in [2.75, 3.05) is 11.9 Å². The van der Waals surface area contributed by atoms with Crippen molar-refractivity contribution in [2.45, 2.75) is 33.0 Å². The Hall–Kier alpha value is -1.39. The van der Waals surface area contributed by atoms with Gasteiger partial charge in [0.1, 0.15) is 5.82 Å². The van der Waals surface area contributed by atoms with E-state index in [-0.39, 0.29) is 5.82 Å². The Morgan fingerprint density at radius 3 is 2.70 bits per heavy atom. The van der Waals surface area contributed by atoms with Gasteiger partial charge in [0.15, 0.2) is 0 Å². The lowest BCUT2D eigenvalue weighted by Crippen LogP contribution is -2.30. The van der Waals surface area contributed by atoms with E-state index in [1.54, 1.807) is 23.5 Å². The number of anilines is 1. The van der Waals surface area contributed by atoms with Crippen LogP contribution in [0, 0.1) is 5.82 Å². The highest BCUT2D eigenvalue weighted by Gasteiger charge is 2.13. The molecule has 4 heteroatoms. The first-order valence-electron chi connectivity index (χ1n) is 6.83. The monoisotopic (exact) mass is 292 g/mol. The van der Waals surface area contributed by atoms with Gasteiger partial charge in [0.2, 0.25) is 0 Å². The van der Waals surface area contributed by atoms with E-state index in [1.165, 1.54) is 4.88 Å². The van der Waals surface area contributed by atoms with Gasteiger partial charge in [-0.15, -0.1) is 11.3 Å². The standard InChI is InChI=1S/C16H21FN2S/c1-12(2)19(11-16-5-4-6-20-16)15-8-13(10-18-3)7-14(17)9-15/h4-9,12,18H,10-11H2,1-3H3. The van der Waals surface area contributed by atoms with Crippen molar-refractivity contribution in [1.82, 2.24) is 5.32 Å². The molecule has 0 radical (unpaired) electrons. The molecule has 0 saturated heterocycles. The van der Waals surface area contributed by atoms with Gasteiger partial charge in [0.25, 0.3) is 0 Å². The number of nitrogens with zero attached hydrogens (tertiary/aromatic N) is 1. The first kappa shape index (κ1) is 15.0. The number of thiophene rings is 1. The Kier molecular flexibility index (Phi) is 5.15. The van der Waals surface area contributed by atoms with Gasteiger partial charge in [0.05, 0.1) is 6.54 Å². The molecule has 0 aliphatic heterocycles. The molecule has 0 amide bonds. The number of rotatable bonds is 6. The van der Waals surface area contributed by atoms with Gasteiger partial charge in [-0.1, -0.05) is 6.07 Å². The second-order valence-electron chi connectivity index (χ2n) is 5.15. The molecule has 0 spiro atoms. The fourth-order valence-corrected chi connectivity index (χ4v) is 2.95. The summed E-state index contributed by atoms with van der Waals surface area (Å²) in [6, 6.07) is 9.76. The molecule has 1 N–H and O–H groups in total. The highest BCUT2D eigenvalue weighted by atomic mass is 32.1. The summed E-state index contributed by atoms with van der Waals surface area (Å²) in [6.07, 6.45) is 0. The summed E-state index contributed by atoms with van der Waals surface area (Å²) in [5.41, 5.74) is 1.91. The Morgan fingerprint density at radius 2 is 2.10 bits per heavy atom. The third-order valence-electron chi connectivity index (χ3n) is 3.18. The summed E-state index contributed by atoms with van der Waals surface area (Å²) in [4.78, 5) is 3.52. The number of benzene rings is 1. The predicted octanol–water partition coefficient (Wildman–Crippen LogP) is 4.02. The second-order valence-corrected chi connectivity index (χ2v) is 6.18. The normalized spacial score (nSPS) is 11.1. The van der Waals surface area contributed by atoms with Crippen molar-refractivity contribution < 1.29 is 4.39 Å². The van der Waals surface area contributed by atoms with Gasteiger partial charge in [-0.25, -0.2) is 4.39 Å². The first-order valence-corrected chi connectivity index (χ1v) is 7.71. The molecule has 1 aromatic heterocycles. The fraction of sp³-hybridized carbons (Fsp3) is 0.375. The van der Waals surface area contributed by atoms with Gasteiger partial charge in [-0.05, 0) is 56.1 Å². The van der Waals surface area contributed by atoms with Crippen molar-refractivity contribution in [3.63, 3.8) is 0 Å². The van der Waals surface area contributed by atoms with E-state index in [0.717, 1.165) is 17.8 Å². The molecule has 0 aliphatic carbocycles. The zero-order valence-corrected chi connectivity index (χ0v) is 13.0. The quantitative estimate of drug-likeness (QED) is 0.865. The van der Waals surface area contributed by atoms with E-state index in [0.29, 0.717) is 12.6 Å². The van der Waals surface area contributed by atoms with E-state index < -0.39 is 0 Å². The minimum absolute atomic E-state index is 0.176. The maximum Gasteiger partial charge on any atom is 0.125 e. The van der Waals surface area contributed by atoms with E-state index in [1.807, 2.05) is 7.05 Å². The minimum atomic E-state index is -0.176. The molecule has 0 atom stereocenters. The molecule has 1 aromatic carbocycles. The summed E-state index contributed by atoms with van der Waals surface area (Å²) in [5.74, 6) is -0.176. The van der Waals surface area contributed by atoms with Crippen LogP contribution >= 0.6 is 11.3 Å². The Labute approximate surface area is 124 Å². The summed E-state index contributed by atoms with van der Waals surface area (Å²) in [6.45, 7) is 5.76. The largest absolute Gasteiger partial charge is 0.364 e. The van der Waals surface area contributed by atoms with E-state index in [2.05, 4.69) is 47.6 Å². The third-order valence-corrected chi connectivity index (χ3v) is 4.05. The lowest BCUT2D eigenvalue weighted by atomic mass is 10.1. The molecule has 2 rings (SSSR count). The lowest BCUT2D eigenvalue weighted by molar-refractivity contribution is 0.618. The van der Waals surface area contributed by atoms with Crippen LogP contribution < -0.4 is 10.2 Å². The molecule has 0 fully saturated rings. The molecule has 2 aromatic rings. The average Bonchev–Trinajstić information content (AvgIpc) is 2.88. The minimum Gasteiger partial charge on any atom is -0.364 e. The second kappa shape index (κ2) is 6.86. The maximum absolute atomic E-state index is 13.8. The predicted molar refractivity (Wildman–Crippen MR) is 84.8 cm³/mol.